The lowest BCUT2D eigenvalue weighted by Crippen LogP contribution is -2.44. The van der Waals surface area contributed by atoms with Crippen LogP contribution in [-0.2, 0) is 4.74 Å². The zero-order valence-electron chi connectivity index (χ0n) is 60.0. The second-order valence-corrected chi connectivity index (χ2v) is 33.2. The van der Waals surface area contributed by atoms with E-state index in [9.17, 15) is 4.79 Å². The highest BCUT2D eigenvalue weighted by molar-refractivity contribution is 5.69. The van der Waals surface area contributed by atoms with Crippen LogP contribution in [0.5, 0.6) is 0 Å². The number of hydrogen-bond donors (Lipinski definition) is 1. The van der Waals surface area contributed by atoms with Gasteiger partial charge in [0, 0.05) is 19.1 Å². The molecule has 0 spiro atoms. The van der Waals surface area contributed by atoms with Crippen molar-refractivity contribution < 1.29 is 9.53 Å². The number of nitrogens with one attached hydrogen (secondary N) is 1. The Hall–Kier alpha value is -0.770. The lowest BCUT2D eigenvalue weighted by molar-refractivity contribution is 0.0226. The first-order valence-corrected chi connectivity index (χ1v) is 37.5. The quantitative estimate of drug-likeness (QED) is 0.0617. The number of ether oxygens (including phenoxy) is 1. The Kier molecular flexibility index (Phi) is 46.6. The Labute approximate surface area is 518 Å². The predicted octanol–water partition coefficient (Wildman–Crippen LogP) is 25.6. The Morgan fingerprint density at radius 3 is 0.793 bits per heavy atom. The van der Waals surface area contributed by atoms with Crippen molar-refractivity contribution in [3.63, 3.8) is 0 Å². The Bertz CT molecular complexity index is 1230. The topological polar surface area (TPSA) is 41.6 Å². The second kappa shape index (κ2) is 48.2. The molecule has 82 heavy (non-hydrogen) atoms. The van der Waals surface area contributed by atoms with E-state index in [0.29, 0.717) is 0 Å². The highest BCUT2D eigenvalue weighted by Gasteiger charge is 2.32. The molecule has 0 saturated carbocycles. The van der Waals surface area contributed by atoms with Crippen molar-refractivity contribution in [1.82, 2.24) is 10.2 Å². The smallest absolute Gasteiger partial charge is 0.410 e. The molecule has 0 unspecified atom stereocenters. The lowest BCUT2D eigenvalue weighted by Gasteiger charge is -2.28. The van der Waals surface area contributed by atoms with Gasteiger partial charge >= 0.3 is 6.09 Å². The van der Waals surface area contributed by atoms with Crippen LogP contribution in [0.3, 0.4) is 0 Å². The van der Waals surface area contributed by atoms with Crippen molar-refractivity contribution in [2.45, 2.75) is 387 Å². The summed E-state index contributed by atoms with van der Waals surface area (Å²) in [6.45, 7) is 47.7. The SMILES string of the molecule is CC(C)CCC(CCCC(CCCC(CCCNC[C@@H]1CCCN1C(=O)OC(C)(C)C)CCCC(CCCC(CCC(C)C)CCC(C)C)CCCC(CCC(C)C)CCC(C)C)CCCC(CCC(C)C)CCC(C)C)CCC(C)C. The molecule has 0 aromatic heterocycles. The average molecular weight is 1150 g/mol. The van der Waals surface area contributed by atoms with Crippen LogP contribution in [0, 0.1) is 88.8 Å². The van der Waals surface area contributed by atoms with Gasteiger partial charge in [-0.2, -0.15) is 0 Å². The summed E-state index contributed by atoms with van der Waals surface area (Å²) in [5, 5.41) is 3.88. The van der Waals surface area contributed by atoms with Crippen LogP contribution in [0.1, 0.15) is 376 Å². The van der Waals surface area contributed by atoms with Crippen molar-refractivity contribution in [1.29, 1.82) is 0 Å². The molecular formula is C78H156N2O2. The normalized spacial score (nSPS) is 14.9. The first kappa shape index (κ1) is 79.2. The van der Waals surface area contributed by atoms with Crippen molar-refractivity contribution in [2.24, 2.45) is 88.8 Å². The van der Waals surface area contributed by atoms with Crippen LogP contribution >= 0.6 is 0 Å². The monoisotopic (exact) mass is 1150 g/mol. The number of amides is 1. The fourth-order valence-electron chi connectivity index (χ4n) is 14.1. The van der Waals surface area contributed by atoms with Crippen molar-refractivity contribution in [3.05, 3.63) is 0 Å². The molecule has 0 aromatic rings. The number of hydrogen-bond acceptors (Lipinski definition) is 3. The van der Waals surface area contributed by atoms with Crippen LogP contribution in [-0.4, -0.2) is 42.3 Å². The van der Waals surface area contributed by atoms with Crippen LogP contribution < -0.4 is 5.32 Å². The highest BCUT2D eigenvalue weighted by atomic mass is 16.6. The van der Waals surface area contributed by atoms with Crippen molar-refractivity contribution >= 4 is 6.09 Å². The van der Waals surface area contributed by atoms with Gasteiger partial charge in [0.05, 0.1) is 0 Å². The van der Waals surface area contributed by atoms with E-state index < -0.39 is 5.60 Å². The standard InChI is InChI=1S/C78H156N2O2/c1-61(2)42-50-72(51-43-62(3)4)36-22-30-69(31-23-37-73(52-44-63(5)6)53-45-64(7)8)28-20-34-71(40-26-58-79-60-76-41-27-59-80(76)77(81)82-78(17,18)19)35-21-29-70(32-24-38-74(54-46-65(9)10)55-47-66(11)12)33-25-39-75(56-48-67(13)14)57-49-68(15)16/h61-76,79H,20-60H2,1-19H3/t76-/m0/s1. The zero-order chi connectivity index (χ0) is 61.3. The molecule has 4 heteroatoms. The van der Waals surface area contributed by atoms with E-state index in [-0.39, 0.29) is 12.1 Å². The van der Waals surface area contributed by atoms with Gasteiger partial charge in [0.2, 0.25) is 0 Å². The second-order valence-electron chi connectivity index (χ2n) is 33.2. The Morgan fingerprint density at radius 2 is 0.573 bits per heavy atom. The molecule has 0 aromatic carbocycles. The van der Waals surface area contributed by atoms with E-state index in [1.54, 1.807) is 0 Å². The van der Waals surface area contributed by atoms with Crippen LogP contribution in [0.2, 0.25) is 0 Å². The van der Waals surface area contributed by atoms with Gasteiger partial charge in [-0.3, -0.25) is 0 Å². The molecule has 1 fully saturated rings. The summed E-state index contributed by atoms with van der Waals surface area (Å²) >= 11 is 0. The molecule has 1 saturated heterocycles. The summed E-state index contributed by atoms with van der Waals surface area (Å²) in [7, 11) is 0. The zero-order valence-corrected chi connectivity index (χ0v) is 60.0. The van der Waals surface area contributed by atoms with Gasteiger partial charge < -0.3 is 15.0 Å². The number of likely N-dealkylation sites (tertiary alicyclic amines) is 1. The molecule has 1 N–H and O–H groups in total. The average Bonchev–Trinajstić information content (AvgIpc) is 3.86. The molecule has 1 heterocycles. The minimum absolute atomic E-state index is 0.128. The molecule has 0 bridgehead atoms. The van der Waals surface area contributed by atoms with Gasteiger partial charge in [-0.05, 0) is 142 Å². The van der Waals surface area contributed by atoms with E-state index >= 15 is 0 Å². The fourth-order valence-corrected chi connectivity index (χ4v) is 14.1. The highest BCUT2D eigenvalue weighted by Crippen LogP contribution is 2.35. The number of nitrogens with zero attached hydrogens (tertiary/aromatic N) is 1. The van der Waals surface area contributed by atoms with Gasteiger partial charge in [-0.15, -0.1) is 0 Å². The first-order valence-electron chi connectivity index (χ1n) is 37.5. The van der Waals surface area contributed by atoms with E-state index in [4.69, 9.17) is 4.74 Å². The van der Waals surface area contributed by atoms with Crippen LogP contribution in [0.4, 0.5) is 4.79 Å². The summed E-state index contributed by atoms with van der Waals surface area (Å²) in [5.41, 5.74) is -0.452. The van der Waals surface area contributed by atoms with Gasteiger partial charge in [0.15, 0.2) is 0 Å². The maximum absolute atomic E-state index is 13.2. The molecule has 0 radical (unpaired) electrons. The molecule has 1 aliphatic rings. The Morgan fingerprint density at radius 1 is 0.354 bits per heavy atom. The molecule has 490 valence electrons. The molecular weight excluding hydrogens is 997 g/mol. The third-order valence-corrected chi connectivity index (χ3v) is 19.9. The van der Waals surface area contributed by atoms with Crippen LogP contribution in [0.25, 0.3) is 0 Å². The molecule has 4 nitrogen and oxygen atoms in total. The van der Waals surface area contributed by atoms with E-state index in [1.807, 2.05) is 25.7 Å². The summed E-state index contributed by atoms with van der Waals surface area (Å²) < 4.78 is 5.85. The maximum Gasteiger partial charge on any atom is 0.410 e. The molecule has 1 amide bonds. The van der Waals surface area contributed by atoms with E-state index in [0.717, 1.165) is 121 Å². The molecule has 0 aliphatic carbocycles. The van der Waals surface area contributed by atoms with Gasteiger partial charge in [-0.25, -0.2) is 4.79 Å². The minimum atomic E-state index is -0.452. The molecule has 1 aliphatic heterocycles. The van der Waals surface area contributed by atoms with Gasteiger partial charge in [-0.1, -0.05) is 329 Å². The van der Waals surface area contributed by atoms with Crippen molar-refractivity contribution in [2.75, 3.05) is 19.6 Å². The van der Waals surface area contributed by atoms with E-state index in [2.05, 4.69) is 116 Å². The van der Waals surface area contributed by atoms with Gasteiger partial charge in [0.25, 0.3) is 0 Å². The minimum Gasteiger partial charge on any atom is -0.444 e. The largest absolute Gasteiger partial charge is 0.444 e. The summed E-state index contributed by atoms with van der Waals surface area (Å²) in [6.07, 6.45) is 53.5. The number of carbonyl (C=O) groups excluding carboxylic acids is 1. The van der Waals surface area contributed by atoms with Gasteiger partial charge in [0.1, 0.15) is 5.60 Å². The summed E-state index contributed by atoms with van der Waals surface area (Å²) in [6, 6.07) is 0.252. The Balaban J connectivity index is 3.37. The fraction of sp³-hybridized carbons (Fsp3) is 0.987. The number of rotatable bonds is 54. The summed E-state index contributed by atoms with van der Waals surface area (Å²) in [5.74, 6) is 12.8. The summed E-state index contributed by atoms with van der Waals surface area (Å²) in [4.78, 5) is 15.2. The number of carbonyl (C=O) groups is 1. The van der Waals surface area contributed by atoms with Crippen molar-refractivity contribution in [3.8, 4) is 0 Å². The maximum atomic E-state index is 13.2. The predicted molar refractivity (Wildman–Crippen MR) is 368 cm³/mol. The molecule has 1 atom stereocenters. The third-order valence-electron chi connectivity index (χ3n) is 19.9. The lowest BCUT2D eigenvalue weighted by atomic mass is 9.81. The third kappa shape index (κ3) is 46.4. The first-order chi connectivity index (χ1) is 38.8. The van der Waals surface area contributed by atoms with E-state index in [1.165, 1.54) is 231 Å². The molecule has 1 rings (SSSR count). The van der Waals surface area contributed by atoms with Crippen LogP contribution in [0.15, 0.2) is 0 Å².